The summed E-state index contributed by atoms with van der Waals surface area (Å²) < 4.78 is 5.50. The van der Waals surface area contributed by atoms with Gasteiger partial charge in [-0.25, -0.2) is 4.79 Å². The molecule has 0 bridgehead atoms. The number of benzene rings is 4. The van der Waals surface area contributed by atoms with Crippen LogP contribution in [0.3, 0.4) is 0 Å². The summed E-state index contributed by atoms with van der Waals surface area (Å²) in [5.74, 6) is -3.48. The summed E-state index contributed by atoms with van der Waals surface area (Å²) in [6.07, 6.45) is -1.36. The largest absolute Gasteiger partial charge is 0.459 e. The number of carbonyl (C=O) groups is 5. The maximum atomic E-state index is 13.8. The van der Waals surface area contributed by atoms with Gasteiger partial charge in [0.25, 0.3) is 0 Å². The third-order valence-corrected chi connectivity index (χ3v) is 9.76. The predicted molar refractivity (Wildman–Crippen MR) is 219 cm³/mol. The van der Waals surface area contributed by atoms with E-state index in [0.717, 1.165) is 22.3 Å². The van der Waals surface area contributed by atoms with Crippen molar-refractivity contribution < 1.29 is 33.8 Å². The number of nitrogens with one attached hydrogen (secondary N) is 4. The Kier molecular flexibility index (Phi) is 16.5. The van der Waals surface area contributed by atoms with Crippen LogP contribution in [0.25, 0.3) is 0 Å². The normalized spacial score (nSPS) is 13.5. The zero-order valence-corrected chi connectivity index (χ0v) is 33.4. The molecule has 0 fully saturated rings. The van der Waals surface area contributed by atoms with E-state index in [-0.39, 0.29) is 44.2 Å². The third-order valence-electron chi connectivity index (χ3n) is 9.76. The van der Waals surface area contributed by atoms with Crippen LogP contribution < -0.4 is 21.3 Å². The van der Waals surface area contributed by atoms with Crippen LogP contribution in [0.15, 0.2) is 121 Å². The second kappa shape index (κ2) is 21.5. The highest BCUT2D eigenvalue weighted by molar-refractivity contribution is 5.94. The minimum absolute atomic E-state index is 0.000763. The average molecular weight is 777 g/mol. The molecule has 0 heterocycles. The molecule has 0 aromatic heterocycles. The van der Waals surface area contributed by atoms with E-state index in [9.17, 15) is 29.1 Å². The molecule has 5 N–H and O–H groups in total. The Labute approximate surface area is 336 Å². The average Bonchev–Trinajstić information content (AvgIpc) is 3.21. The summed E-state index contributed by atoms with van der Waals surface area (Å²) in [6.45, 7) is 8.67. The molecule has 4 amide bonds. The topological polar surface area (TPSA) is 163 Å². The molecule has 0 radical (unpaired) electrons. The fraction of sp³-hybridized carbons (Fsp3) is 0.370. The number of hydrogen-bond donors (Lipinski definition) is 5. The van der Waals surface area contributed by atoms with E-state index in [2.05, 4.69) is 21.3 Å². The first-order chi connectivity index (χ1) is 27.3. The van der Waals surface area contributed by atoms with Crippen molar-refractivity contribution >= 4 is 29.6 Å². The first-order valence-corrected chi connectivity index (χ1v) is 19.5. The third kappa shape index (κ3) is 12.6. The van der Waals surface area contributed by atoms with Gasteiger partial charge in [-0.3, -0.25) is 19.2 Å². The first-order valence-electron chi connectivity index (χ1n) is 19.5. The number of aliphatic hydroxyl groups excluding tert-OH is 1. The summed E-state index contributed by atoms with van der Waals surface area (Å²) in [6, 6.07) is 35.1. The number of ether oxygens (including phenoxy) is 1. The lowest BCUT2D eigenvalue weighted by Crippen LogP contribution is -2.59. The molecule has 0 aliphatic carbocycles. The van der Waals surface area contributed by atoms with Gasteiger partial charge >= 0.3 is 5.97 Å². The van der Waals surface area contributed by atoms with E-state index in [4.69, 9.17) is 4.74 Å². The van der Waals surface area contributed by atoms with Crippen molar-refractivity contribution in [2.45, 2.75) is 90.1 Å². The summed E-state index contributed by atoms with van der Waals surface area (Å²) in [7, 11) is 0. The molecule has 4 rings (SSSR count). The van der Waals surface area contributed by atoms with Crippen molar-refractivity contribution in [1.29, 1.82) is 0 Å². The zero-order valence-electron chi connectivity index (χ0n) is 33.4. The predicted octanol–water partition coefficient (Wildman–Crippen LogP) is 5.20. The van der Waals surface area contributed by atoms with Crippen LogP contribution >= 0.6 is 0 Å². The Bertz CT molecular complexity index is 1790. The molecule has 0 aliphatic heterocycles. The molecule has 0 unspecified atom stereocenters. The van der Waals surface area contributed by atoms with Crippen LogP contribution in [0.5, 0.6) is 0 Å². The summed E-state index contributed by atoms with van der Waals surface area (Å²) in [4.78, 5) is 67.1. The number of esters is 1. The van der Waals surface area contributed by atoms with Gasteiger partial charge in [-0.15, -0.1) is 0 Å². The molecule has 0 saturated carbocycles. The van der Waals surface area contributed by atoms with E-state index in [0.29, 0.717) is 0 Å². The number of aliphatic hydroxyl groups is 1. The van der Waals surface area contributed by atoms with Crippen LogP contribution in [-0.4, -0.2) is 65.5 Å². The van der Waals surface area contributed by atoms with Crippen LogP contribution in [-0.2, 0) is 40.7 Å². The molecule has 57 heavy (non-hydrogen) atoms. The van der Waals surface area contributed by atoms with Crippen molar-refractivity contribution in [2.75, 3.05) is 6.54 Å². The molecule has 11 heteroatoms. The zero-order chi connectivity index (χ0) is 41.4. The molecule has 0 spiro atoms. The van der Waals surface area contributed by atoms with Crippen LogP contribution in [0.4, 0.5) is 0 Å². The summed E-state index contributed by atoms with van der Waals surface area (Å²) in [5, 5.41) is 21.7. The fourth-order valence-electron chi connectivity index (χ4n) is 6.61. The van der Waals surface area contributed by atoms with Gasteiger partial charge in [-0.1, -0.05) is 149 Å². The van der Waals surface area contributed by atoms with E-state index >= 15 is 0 Å². The van der Waals surface area contributed by atoms with E-state index in [1.807, 2.05) is 135 Å². The lowest BCUT2D eigenvalue weighted by atomic mass is 9.69. The lowest BCUT2D eigenvalue weighted by molar-refractivity contribution is -0.150. The summed E-state index contributed by atoms with van der Waals surface area (Å²) >= 11 is 0. The van der Waals surface area contributed by atoms with Crippen LogP contribution in [0.1, 0.15) is 76.1 Å². The molecule has 302 valence electrons. The molecule has 4 aromatic carbocycles. The van der Waals surface area contributed by atoms with E-state index < -0.39 is 59.3 Å². The highest BCUT2D eigenvalue weighted by atomic mass is 16.5. The lowest BCUT2D eigenvalue weighted by Gasteiger charge is -2.36. The maximum Gasteiger partial charge on any atom is 0.328 e. The van der Waals surface area contributed by atoms with Crippen molar-refractivity contribution in [1.82, 2.24) is 21.3 Å². The van der Waals surface area contributed by atoms with Crippen molar-refractivity contribution in [3.05, 3.63) is 144 Å². The van der Waals surface area contributed by atoms with Gasteiger partial charge in [0.2, 0.25) is 23.6 Å². The minimum atomic E-state index is -1.48. The minimum Gasteiger partial charge on any atom is -0.459 e. The number of rotatable bonds is 20. The number of hydrogen-bond acceptors (Lipinski definition) is 7. The van der Waals surface area contributed by atoms with Gasteiger partial charge in [0, 0.05) is 18.9 Å². The van der Waals surface area contributed by atoms with Gasteiger partial charge in [0.15, 0.2) is 0 Å². The van der Waals surface area contributed by atoms with Crippen molar-refractivity contribution in [3.63, 3.8) is 0 Å². The van der Waals surface area contributed by atoms with Gasteiger partial charge in [0.1, 0.15) is 24.7 Å². The van der Waals surface area contributed by atoms with Crippen LogP contribution in [0.2, 0.25) is 0 Å². The molecule has 0 saturated heterocycles. The van der Waals surface area contributed by atoms with E-state index in [1.165, 1.54) is 6.92 Å². The smallest absolute Gasteiger partial charge is 0.328 e. The summed E-state index contributed by atoms with van der Waals surface area (Å²) in [5.41, 5.74) is 2.96. The van der Waals surface area contributed by atoms with Gasteiger partial charge in [0.05, 0.1) is 11.5 Å². The molecule has 4 atom stereocenters. The van der Waals surface area contributed by atoms with Crippen LogP contribution in [0, 0.1) is 11.8 Å². The molecular weight excluding hydrogens is 721 g/mol. The Morgan fingerprint density at radius 1 is 0.614 bits per heavy atom. The highest BCUT2D eigenvalue weighted by Crippen LogP contribution is 2.38. The monoisotopic (exact) mass is 776 g/mol. The Balaban J connectivity index is 1.49. The molecule has 11 nitrogen and oxygen atoms in total. The standard InChI is InChI=1S/C46H56N4O7/c1-31(2)28-39(45(56)57-29-34-18-10-6-11-19-34)49-44(55)41(33(5)51)50-43(54)38(48-42(53)32(3)4)26-27-40(52)47-30-46(35-20-12-7-13-21-35,36-22-14-8-15-23-36)37-24-16-9-17-25-37/h6-25,31-33,38-39,41,51H,26-30H2,1-5H3,(H,47,52)(H,48,53)(H,49,55)(H,50,54)/t33-,38+,39+,41+/m1/s1. The second-order valence-electron chi connectivity index (χ2n) is 15.0. The fourth-order valence-corrected chi connectivity index (χ4v) is 6.61. The van der Waals surface area contributed by atoms with Gasteiger partial charge < -0.3 is 31.1 Å². The molecule has 0 aliphatic rings. The van der Waals surface area contributed by atoms with Crippen molar-refractivity contribution in [2.24, 2.45) is 11.8 Å². The van der Waals surface area contributed by atoms with Crippen molar-refractivity contribution in [3.8, 4) is 0 Å². The molecule has 4 aromatic rings. The second-order valence-corrected chi connectivity index (χ2v) is 15.0. The quantitative estimate of drug-likeness (QED) is 0.0609. The number of carbonyl (C=O) groups excluding carboxylic acids is 5. The maximum absolute atomic E-state index is 13.8. The SMILES string of the molecule is CC(C)C[C@H](NC(=O)[C@@H](NC(=O)[C@H](CCC(=O)NCC(c1ccccc1)(c1ccccc1)c1ccccc1)NC(=O)C(C)C)[C@@H](C)O)C(=O)OCc1ccccc1. The Morgan fingerprint density at radius 3 is 1.54 bits per heavy atom. The number of amides is 4. The highest BCUT2D eigenvalue weighted by Gasteiger charge is 2.37. The Hall–Kier alpha value is -5.81. The first kappa shape index (κ1) is 43.9. The van der Waals surface area contributed by atoms with Gasteiger partial charge in [-0.2, -0.15) is 0 Å². The van der Waals surface area contributed by atoms with Gasteiger partial charge in [-0.05, 0) is 47.9 Å². The molecular formula is C46H56N4O7. The Morgan fingerprint density at radius 2 is 1.09 bits per heavy atom. The van der Waals surface area contributed by atoms with E-state index in [1.54, 1.807) is 13.8 Å².